The summed E-state index contributed by atoms with van der Waals surface area (Å²) in [6, 6.07) is 1.55. The van der Waals surface area contributed by atoms with Gasteiger partial charge in [0.2, 0.25) is 0 Å². The van der Waals surface area contributed by atoms with E-state index in [1.54, 1.807) is 6.07 Å². The first kappa shape index (κ1) is 7.91. The normalized spacial score (nSPS) is 12.9. The van der Waals surface area contributed by atoms with Gasteiger partial charge >= 0.3 is 0 Å². The number of aromatic nitrogens is 2. The van der Waals surface area contributed by atoms with E-state index in [1.807, 2.05) is 0 Å². The van der Waals surface area contributed by atoms with E-state index in [2.05, 4.69) is 5.10 Å². The molecule has 0 fully saturated rings. The van der Waals surface area contributed by atoms with Crippen molar-refractivity contribution in [3.8, 4) is 0 Å². The molecule has 0 spiro atoms. The molecule has 0 bridgehead atoms. The number of hydrogen-bond acceptors (Lipinski definition) is 2. The Balaban J connectivity index is 2.76. The Morgan fingerprint density at radius 3 is 3.18 bits per heavy atom. The van der Waals surface area contributed by atoms with Gasteiger partial charge in [0.15, 0.2) is 6.29 Å². The van der Waals surface area contributed by atoms with Gasteiger partial charge in [0.1, 0.15) is 11.9 Å². The predicted octanol–water partition coefficient (Wildman–Crippen LogP) is 1.05. The van der Waals surface area contributed by atoms with E-state index in [4.69, 9.17) is 0 Å². The average molecular weight is 156 g/mol. The molecule has 0 aliphatic carbocycles. The zero-order valence-corrected chi connectivity index (χ0v) is 6.20. The number of carbonyl (C=O) groups is 1. The highest BCUT2D eigenvalue weighted by atomic mass is 19.1. The van der Waals surface area contributed by atoms with Gasteiger partial charge in [0.05, 0.1) is 6.54 Å². The van der Waals surface area contributed by atoms with Crippen molar-refractivity contribution in [1.29, 1.82) is 0 Å². The molecule has 0 aromatic carbocycles. The molecule has 3 nitrogen and oxygen atoms in total. The fourth-order valence-electron chi connectivity index (χ4n) is 0.834. The summed E-state index contributed by atoms with van der Waals surface area (Å²) >= 11 is 0. The Morgan fingerprint density at radius 2 is 2.64 bits per heavy atom. The van der Waals surface area contributed by atoms with E-state index in [0.717, 1.165) is 0 Å². The molecule has 0 saturated carbocycles. The molecule has 0 saturated heterocycles. The van der Waals surface area contributed by atoms with Gasteiger partial charge in [-0.2, -0.15) is 5.10 Å². The first-order valence-corrected chi connectivity index (χ1v) is 3.35. The quantitative estimate of drug-likeness (QED) is 0.613. The molecular formula is C7H9FN2O. The molecule has 1 unspecified atom stereocenters. The van der Waals surface area contributed by atoms with Crippen molar-refractivity contribution in [3.63, 3.8) is 0 Å². The lowest BCUT2D eigenvalue weighted by molar-refractivity contribution is 0.111. The summed E-state index contributed by atoms with van der Waals surface area (Å²) in [5.41, 5.74) is 0.412. The van der Waals surface area contributed by atoms with Crippen LogP contribution in [0.4, 0.5) is 4.39 Å². The second-order valence-electron chi connectivity index (χ2n) is 2.34. The summed E-state index contributed by atoms with van der Waals surface area (Å²) in [4.78, 5) is 10.3. The second kappa shape index (κ2) is 3.27. The summed E-state index contributed by atoms with van der Waals surface area (Å²) in [6.45, 7) is 1.57. The fraction of sp³-hybridized carbons (Fsp3) is 0.429. The largest absolute Gasteiger partial charge is 0.296 e. The lowest BCUT2D eigenvalue weighted by atomic mass is 10.4. The van der Waals surface area contributed by atoms with Crippen LogP contribution in [0.3, 0.4) is 0 Å². The average Bonchev–Trinajstić information content (AvgIpc) is 2.34. The van der Waals surface area contributed by atoms with Crippen LogP contribution in [0.5, 0.6) is 0 Å². The van der Waals surface area contributed by atoms with Crippen LogP contribution >= 0.6 is 0 Å². The number of carbonyl (C=O) groups excluding carboxylic acids is 1. The van der Waals surface area contributed by atoms with Crippen molar-refractivity contribution in [2.75, 3.05) is 0 Å². The molecule has 0 amide bonds. The smallest absolute Gasteiger partial charge is 0.168 e. The van der Waals surface area contributed by atoms with Gasteiger partial charge in [-0.15, -0.1) is 0 Å². The Morgan fingerprint density at radius 1 is 1.91 bits per heavy atom. The van der Waals surface area contributed by atoms with E-state index in [0.29, 0.717) is 12.0 Å². The van der Waals surface area contributed by atoms with Crippen molar-refractivity contribution >= 4 is 6.29 Å². The number of alkyl halides is 1. The lowest BCUT2D eigenvalue weighted by Crippen LogP contribution is -2.11. The molecule has 11 heavy (non-hydrogen) atoms. The van der Waals surface area contributed by atoms with Gasteiger partial charge in [-0.05, 0) is 13.0 Å². The van der Waals surface area contributed by atoms with Crippen LogP contribution < -0.4 is 0 Å². The Kier molecular flexibility index (Phi) is 2.36. The highest BCUT2D eigenvalue weighted by Gasteiger charge is 2.04. The van der Waals surface area contributed by atoms with Crippen LogP contribution in [0.2, 0.25) is 0 Å². The zero-order valence-electron chi connectivity index (χ0n) is 6.20. The minimum Gasteiger partial charge on any atom is -0.296 e. The number of rotatable bonds is 3. The Labute approximate surface area is 63.8 Å². The van der Waals surface area contributed by atoms with Crippen LogP contribution in [0, 0.1) is 0 Å². The molecule has 0 aliphatic rings. The third kappa shape index (κ3) is 1.86. The fourth-order valence-corrected chi connectivity index (χ4v) is 0.834. The monoisotopic (exact) mass is 156 g/mol. The third-order valence-corrected chi connectivity index (χ3v) is 1.29. The molecule has 0 N–H and O–H groups in total. The molecule has 60 valence electrons. The summed E-state index contributed by atoms with van der Waals surface area (Å²) in [6.07, 6.45) is 1.16. The van der Waals surface area contributed by atoms with Crippen molar-refractivity contribution in [1.82, 2.24) is 9.78 Å². The molecule has 0 radical (unpaired) electrons. The summed E-state index contributed by atoms with van der Waals surface area (Å²) in [5, 5.41) is 3.77. The molecule has 1 rings (SSSR count). The molecule has 1 aromatic heterocycles. The maximum absolute atomic E-state index is 12.4. The summed E-state index contributed by atoms with van der Waals surface area (Å²) in [5.74, 6) is 0. The van der Waals surface area contributed by atoms with Gasteiger partial charge < -0.3 is 0 Å². The Bertz CT molecular complexity index is 244. The van der Waals surface area contributed by atoms with Crippen LogP contribution in [0.25, 0.3) is 0 Å². The topological polar surface area (TPSA) is 34.9 Å². The number of halogens is 1. The number of aldehydes is 1. The first-order chi connectivity index (χ1) is 5.24. The minimum atomic E-state index is -0.978. The van der Waals surface area contributed by atoms with Crippen molar-refractivity contribution in [3.05, 3.63) is 18.0 Å². The molecule has 4 heteroatoms. The maximum Gasteiger partial charge on any atom is 0.168 e. The van der Waals surface area contributed by atoms with E-state index in [1.165, 1.54) is 17.8 Å². The maximum atomic E-state index is 12.4. The van der Waals surface area contributed by atoms with Crippen LogP contribution in [-0.2, 0) is 6.54 Å². The summed E-state index contributed by atoms with van der Waals surface area (Å²) in [7, 11) is 0. The van der Waals surface area contributed by atoms with Gasteiger partial charge in [-0.1, -0.05) is 0 Å². The van der Waals surface area contributed by atoms with E-state index in [9.17, 15) is 9.18 Å². The van der Waals surface area contributed by atoms with Gasteiger partial charge in [0.25, 0.3) is 0 Å². The van der Waals surface area contributed by atoms with Crippen LogP contribution in [-0.4, -0.2) is 22.2 Å². The molecule has 1 aromatic rings. The number of hydrogen-bond donors (Lipinski definition) is 0. The second-order valence-corrected chi connectivity index (χ2v) is 2.34. The van der Waals surface area contributed by atoms with Gasteiger partial charge in [-0.25, -0.2) is 4.39 Å². The molecule has 1 heterocycles. The van der Waals surface area contributed by atoms with E-state index >= 15 is 0 Å². The van der Waals surface area contributed by atoms with Crippen molar-refractivity contribution in [2.24, 2.45) is 0 Å². The van der Waals surface area contributed by atoms with Gasteiger partial charge in [-0.3, -0.25) is 9.48 Å². The first-order valence-electron chi connectivity index (χ1n) is 3.35. The molecule has 1 atom stereocenters. The van der Waals surface area contributed by atoms with Crippen molar-refractivity contribution < 1.29 is 9.18 Å². The van der Waals surface area contributed by atoms with Crippen LogP contribution in [0.15, 0.2) is 12.3 Å². The highest BCUT2D eigenvalue weighted by molar-refractivity contribution is 5.71. The predicted molar refractivity (Wildman–Crippen MR) is 38.2 cm³/mol. The minimum absolute atomic E-state index is 0.140. The lowest BCUT2D eigenvalue weighted by Gasteiger charge is -2.02. The van der Waals surface area contributed by atoms with Crippen LogP contribution in [0.1, 0.15) is 17.4 Å². The summed E-state index contributed by atoms with van der Waals surface area (Å²) < 4.78 is 13.7. The zero-order chi connectivity index (χ0) is 8.27. The standard InChI is InChI=1S/C7H9FN2O/c1-6(8)4-10-7(5-11)2-3-9-10/h2-3,5-6H,4H2,1H3. The highest BCUT2D eigenvalue weighted by Crippen LogP contribution is 1.98. The van der Waals surface area contributed by atoms with E-state index in [-0.39, 0.29) is 6.54 Å². The Hall–Kier alpha value is -1.19. The molecule has 0 aliphatic heterocycles. The third-order valence-electron chi connectivity index (χ3n) is 1.29. The number of nitrogens with zero attached hydrogens (tertiary/aromatic N) is 2. The van der Waals surface area contributed by atoms with Gasteiger partial charge in [0, 0.05) is 6.20 Å². The SMILES string of the molecule is CC(F)Cn1nccc1C=O. The molecular weight excluding hydrogens is 147 g/mol. The van der Waals surface area contributed by atoms with E-state index < -0.39 is 6.17 Å². The van der Waals surface area contributed by atoms with Crippen molar-refractivity contribution in [2.45, 2.75) is 19.6 Å².